The van der Waals surface area contributed by atoms with E-state index in [4.69, 9.17) is 0 Å². The lowest BCUT2D eigenvalue weighted by Gasteiger charge is -2.38. The number of unbranched alkanes of at least 4 members (excludes halogenated alkanes) is 1. The number of aryl methyl sites for hydroxylation is 2. The van der Waals surface area contributed by atoms with E-state index in [1.165, 1.54) is 88.2 Å². The molecule has 0 radical (unpaired) electrons. The van der Waals surface area contributed by atoms with Gasteiger partial charge >= 0.3 is 0 Å². The Morgan fingerprint density at radius 1 is 0.917 bits per heavy atom. The molecule has 0 bridgehead atoms. The van der Waals surface area contributed by atoms with Gasteiger partial charge in [-0.2, -0.15) is 0 Å². The minimum atomic E-state index is 0.429. The van der Waals surface area contributed by atoms with Crippen molar-refractivity contribution in [3.8, 4) is 0 Å². The second-order valence-electron chi connectivity index (χ2n) is 8.49. The smallest absolute Gasteiger partial charge is 0.00442 e. The van der Waals surface area contributed by atoms with Crippen LogP contribution in [-0.2, 0) is 5.41 Å². The van der Waals surface area contributed by atoms with Gasteiger partial charge in [-0.3, -0.25) is 0 Å². The Hall–Kier alpha value is -0.780. The van der Waals surface area contributed by atoms with Gasteiger partial charge in [0.2, 0.25) is 0 Å². The standard InChI is InChI=1S/C24H40/c1-5-7-17-24(16-6-2,18-15-22-11-9-8-10-12-22)23-19-20(3)13-14-21(23)4/h13-14,19,22H,5-12,15-18H2,1-4H3. The van der Waals surface area contributed by atoms with Crippen molar-refractivity contribution in [2.24, 2.45) is 5.92 Å². The Balaban J connectivity index is 2.25. The number of benzene rings is 1. The van der Waals surface area contributed by atoms with Gasteiger partial charge in [-0.25, -0.2) is 0 Å². The monoisotopic (exact) mass is 328 g/mol. The van der Waals surface area contributed by atoms with Crippen LogP contribution < -0.4 is 0 Å². The van der Waals surface area contributed by atoms with Gasteiger partial charge in [-0.1, -0.05) is 89.0 Å². The summed E-state index contributed by atoms with van der Waals surface area (Å²) in [6, 6.07) is 7.17. The molecule has 1 aromatic rings. The third-order valence-electron chi connectivity index (χ3n) is 6.46. The molecule has 1 atom stereocenters. The van der Waals surface area contributed by atoms with Crippen LogP contribution in [0.2, 0.25) is 0 Å². The lowest BCUT2D eigenvalue weighted by molar-refractivity contribution is 0.258. The van der Waals surface area contributed by atoms with Gasteiger partial charge in [0.05, 0.1) is 0 Å². The molecule has 0 heterocycles. The fraction of sp³-hybridized carbons (Fsp3) is 0.750. The van der Waals surface area contributed by atoms with Gasteiger partial charge in [0, 0.05) is 0 Å². The molecule has 0 heteroatoms. The van der Waals surface area contributed by atoms with Crippen molar-refractivity contribution in [1.82, 2.24) is 0 Å². The second kappa shape index (κ2) is 9.64. The Kier molecular flexibility index (Phi) is 7.85. The van der Waals surface area contributed by atoms with E-state index >= 15 is 0 Å². The molecule has 0 spiro atoms. The SMILES string of the molecule is CCCCC(CCC)(CCC1CCCCC1)c1cc(C)ccc1C. The maximum atomic E-state index is 2.52. The number of hydrogen-bond acceptors (Lipinski definition) is 0. The van der Waals surface area contributed by atoms with Gasteiger partial charge in [0.15, 0.2) is 0 Å². The molecule has 0 saturated heterocycles. The first-order chi connectivity index (χ1) is 11.6. The van der Waals surface area contributed by atoms with Crippen molar-refractivity contribution in [2.75, 3.05) is 0 Å². The van der Waals surface area contributed by atoms with Crippen LogP contribution in [0.15, 0.2) is 18.2 Å². The first-order valence-corrected chi connectivity index (χ1v) is 10.7. The van der Waals surface area contributed by atoms with Gasteiger partial charge in [0.1, 0.15) is 0 Å². The summed E-state index contributed by atoms with van der Waals surface area (Å²) in [7, 11) is 0. The van der Waals surface area contributed by atoms with Crippen LogP contribution >= 0.6 is 0 Å². The molecule has 0 aliphatic heterocycles. The molecule has 0 aromatic heterocycles. The summed E-state index contributed by atoms with van der Waals surface area (Å²) >= 11 is 0. The molecule has 1 saturated carbocycles. The molecule has 0 nitrogen and oxygen atoms in total. The molecule has 1 aromatic carbocycles. The van der Waals surface area contributed by atoms with Crippen LogP contribution in [-0.4, -0.2) is 0 Å². The molecular weight excluding hydrogens is 288 g/mol. The van der Waals surface area contributed by atoms with Crippen LogP contribution in [0.25, 0.3) is 0 Å². The number of hydrogen-bond donors (Lipinski definition) is 0. The molecule has 1 unspecified atom stereocenters. The van der Waals surface area contributed by atoms with Crippen LogP contribution in [0.1, 0.15) is 108 Å². The first kappa shape index (κ1) is 19.5. The first-order valence-electron chi connectivity index (χ1n) is 10.7. The summed E-state index contributed by atoms with van der Waals surface area (Å²) in [5.41, 5.74) is 5.06. The topological polar surface area (TPSA) is 0 Å². The zero-order valence-corrected chi connectivity index (χ0v) is 16.8. The summed E-state index contributed by atoms with van der Waals surface area (Å²) in [6.07, 6.45) is 17.0. The van der Waals surface area contributed by atoms with E-state index < -0.39 is 0 Å². The van der Waals surface area contributed by atoms with E-state index in [1.54, 1.807) is 5.56 Å². The maximum absolute atomic E-state index is 2.52. The molecule has 1 aliphatic carbocycles. The highest BCUT2D eigenvalue weighted by Crippen LogP contribution is 2.43. The van der Waals surface area contributed by atoms with Crippen molar-refractivity contribution < 1.29 is 0 Å². The van der Waals surface area contributed by atoms with E-state index in [9.17, 15) is 0 Å². The van der Waals surface area contributed by atoms with E-state index in [-0.39, 0.29) is 0 Å². The maximum Gasteiger partial charge on any atom is -0.00442 e. The van der Waals surface area contributed by atoms with E-state index in [1.807, 2.05) is 0 Å². The molecule has 136 valence electrons. The lowest BCUT2D eigenvalue weighted by atomic mass is 9.67. The Morgan fingerprint density at radius 3 is 2.33 bits per heavy atom. The summed E-state index contributed by atoms with van der Waals surface area (Å²) < 4.78 is 0. The second-order valence-corrected chi connectivity index (χ2v) is 8.49. The fourth-order valence-corrected chi connectivity index (χ4v) is 5.04. The Labute approximate surface area is 151 Å². The van der Waals surface area contributed by atoms with Crippen LogP contribution in [0.3, 0.4) is 0 Å². The van der Waals surface area contributed by atoms with E-state index in [0.717, 1.165) is 5.92 Å². The minimum Gasteiger partial charge on any atom is -0.0654 e. The predicted octanol–water partition coefficient (Wildman–Crippen LogP) is 7.89. The highest BCUT2D eigenvalue weighted by Gasteiger charge is 2.33. The van der Waals surface area contributed by atoms with Gasteiger partial charge < -0.3 is 0 Å². The normalized spacial score (nSPS) is 18.5. The molecule has 1 fully saturated rings. The molecule has 0 N–H and O–H groups in total. The quantitative estimate of drug-likeness (QED) is 0.432. The van der Waals surface area contributed by atoms with Crippen molar-refractivity contribution in [1.29, 1.82) is 0 Å². The van der Waals surface area contributed by atoms with Crippen molar-refractivity contribution >= 4 is 0 Å². The third kappa shape index (κ3) is 5.11. The number of rotatable bonds is 9. The van der Waals surface area contributed by atoms with Crippen molar-refractivity contribution in [3.63, 3.8) is 0 Å². The zero-order chi connectivity index (χ0) is 17.4. The van der Waals surface area contributed by atoms with E-state index in [0.29, 0.717) is 5.41 Å². The van der Waals surface area contributed by atoms with Gasteiger partial charge in [-0.05, 0) is 62.0 Å². The molecule has 24 heavy (non-hydrogen) atoms. The van der Waals surface area contributed by atoms with Gasteiger partial charge in [-0.15, -0.1) is 0 Å². The summed E-state index contributed by atoms with van der Waals surface area (Å²) in [5.74, 6) is 1.00. The van der Waals surface area contributed by atoms with Crippen molar-refractivity contribution in [3.05, 3.63) is 34.9 Å². The molecule has 1 aliphatic rings. The highest BCUT2D eigenvalue weighted by atomic mass is 14.4. The van der Waals surface area contributed by atoms with Crippen molar-refractivity contribution in [2.45, 2.75) is 110 Å². The van der Waals surface area contributed by atoms with Crippen LogP contribution in [0, 0.1) is 19.8 Å². The Bertz CT molecular complexity index is 481. The average molecular weight is 329 g/mol. The van der Waals surface area contributed by atoms with E-state index in [2.05, 4.69) is 45.9 Å². The fourth-order valence-electron chi connectivity index (χ4n) is 5.04. The predicted molar refractivity (Wildman–Crippen MR) is 108 cm³/mol. The minimum absolute atomic E-state index is 0.429. The zero-order valence-electron chi connectivity index (χ0n) is 16.8. The summed E-state index contributed by atoms with van der Waals surface area (Å²) in [4.78, 5) is 0. The van der Waals surface area contributed by atoms with Gasteiger partial charge in [0.25, 0.3) is 0 Å². The summed E-state index contributed by atoms with van der Waals surface area (Å²) in [5, 5.41) is 0. The largest absolute Gasteiger partial charge is 0.0654 e. The van der Waals surface area contributed by atoms with Crippen LogP contribution in [0.4, 0.5) is 0 Å². The Morgan fingerprint density at radius 2 is 1.67 bits per heavy atom. The summed E-state index contributed by atoms with van der Waals surface area (Å²) in [6.45, 7) is 9.33. The third-order valence-corrected chi connectivity index (χ3v) is 6.46. The molecule has 0 amide bonds. The highest BCUT2D eigenvalue weighted by molar-refractivity contribution is 5.37. The van der Waals surface area contributed by atoms with Crippen LogP contribution in [0.5, 0.6) is 0 Å². The average Bonchev–Trinajstić information content (AvgIpc) is 2.60. The lowest BCUT2D eigenvalue weighted by Crippen LogP contribution is -2.28. The molecule has 2 rings (SSSR count). The molecular formula is C24H40.